The number of aromatic amines is 1. The Balaban J connectivity index is 1.56. The van der Waals surface area contributed by atoms with E-state index in [-0.39, 0.29) is 18.0 Å². The highest BCUT2D eigenvalue weighted by Crippen LogP contribution is 2.22. The van der Waals surface area contributed by atoms with Gasteiger partial charge in [0, 0.05) is 35.3 Å². The quantitative estimate of drug-likeness (QED) is 0.409. The van der Waals surface area contributed by atoms with Crippen LogP contribution in [0.15, 0.2) is 60.8 Å². The SMILES string of the molecule is Cc1cc(NC(=O)Cc2c[nH]c3ccccc23)n(-c2ccc([N+](=O)[O-])cc2)n1. The molecule has 0 aliphatic rings. The van der Waals surface area contributed by atoms with Gasteiger partial charge in [0.15, 0.2) is 0 Å². The molecule has 0 aliphatic carbocycles. The van der Waals surface area contributed by atoms with E-state index in [4.69, 9.17) is 0 Å². The minimum Gasteiger partial charge on any atom is -0.361 e. The Bertz CT molecular complexity index is 1170. The highest BCUT2D eigenvalue weighted by atomic mass is 16.6. The van der Waals surface area contributed by atoms with Crippen LogP contribution in [0.4, 0.5) is 11.5 Å². The number of H-pyrrole nitrogens is 1. The number of nitrogens with one attached hydrogen (secondary N) is 2. The monoisotopic (exact) mass is 375 g/mol. The van der Waals surface area contributed by atoms with Gasteiger partial charge in [0.1, 0.15) is 5.82 Å². The molecule has 0 radical (unpaired) electrons. The number of nitro groups is 1. The average molecular weight is 375 g/mol. The van der Waals surface area contributed by atoms with Gasteiger partial charge in [0.25, 0.3) is 5.69 Å². The van der Waals surface area contributed by atoms with E-state index >= 15 is 0 Å². The Morgan fingerprint density at radius 2 is 1.96 bits per heavy atom. The molecule has 8 nitrogen and oxygen atoms in total. The zero-order valence-electron chi connectivity index (χ0n) is 15.0. The van der Waals surface area contributed by atoms with Crippen LogP contribution in [0.2, 0.25) is 0 Å². The summed E-state index contributed by atoms with van der Waals surface area (Å²) in [5, 5.41) is 19.1. The molecule has 8 heteroatoms. The first-order valence-electron chi connectivity index (χ1n) is 8.67. The number of rotatable bonds is 5. The Morgan fingerprint density at radius 1 is 1.21 bits per heavy atom. The lowest BCUT2D eigenvalue weighted by molar-refractivity contribution is -0.384. The Kier molecular flexibility index (Phi) is 4.36. The largest absolute Gasteiger partial charge is 0.361 e. The summed E-state index contributed by atoms with van der Waals surface area (Å²) in [7, 11) is 0. The summed E-state index contributed by atoms with van der Waals surface area (Å²) in [4.78, 5) is 26.1. The van der Waals surface area contributed by atoms with Crippen molar-refractivity contribution in [1.29, 1.82) is 0 Å². The van der Waals surface area contributed by atoms with E-state index < -0.39 is 4.92 Å². The number of benzene rings is 2. The molecule has 140 valence electrons. The van der Waals surface area contributed by atoms with E-state index in [1.54, 1.807) is 22.9 Å². The van der Waals surface area contributed by atoms with Crippen LogP contribution >= 0.6 is 0 Å². The van der Waals surface area contributed by atoms with Crippen molar-refractivity contribution in [3.05, 3.63) is 82.2 Å². The lowest BCUT2D eigenvalue weighted by Gasteiger charge is -2.09. The second kappa shape index (κ2) is 6.99. The third-order valence-electron chi connectivity index (χ3n) is 4.43. The highest BCUT2D eigenvalue weighted by molar-refractivity contribution is 5.95. The number of aryl methyl sites for hydroxylation is 1. The smallest absolute Gasteiger partial charge is 0.269 e. The number of anilines is 1. The van der Waals surface area contributed by atoms with E-state index in [0.29, 0.717) is 11.5 Å². The normalized spacial score (nSPS) is 10.9. The van der Waals surface area contributed by atoms with E-state index in [1.165, 1.54) is 12.1 Å². The van der Waals surface area contributed by atoms with Gasteiger partial charge in [-0.3, -0.25) is 14.9 Å². The first kappa shape index (κ1) is 17.5. The van der Waals surface area contributed by atoms with Crippen LogP contribution in [-0.4, -0.2) is 25.6 Å². The first-order valence-corrected chi connectivity index (χ1v) is 8.67. The number of hydrogen-bond acceptors (Lipinski definition) is 4. The van der Waals surface area contributed by atoms with Crippen LogP contribution in [0.5, 0.6) is 0 Å². The van der Waals surface area contributed by atoms with E-state index in [0.717, 1.165) is 22.2 Å². The summed E-state index contributed by atoms with van der Waals surface area (Å²) < 4.78 is 1.56. The number of non-ortho nitro benzene ring substituents is 1. The van der Waals surface area contributed by atoms with Gasteiger partial charge in [-0.15, -0.1) is 0 Å². The van der Waals surface area contributed by atoms with Crippen molar-refractivity contribution in [1.82, 2.24) is 14.8 Å². The molecule has 0 unspecified atom stereocenters. The molecule has 4 aromatic rings. The Hall–Kier alpha value is -3.94. The summed E-state index contributed by atoms with van der Waals surface area (Å²) in [5.41, 5.74) is 3.24. The maximum Gasteiger partial charge on any atom is 0.269 e. The van der Waals surface area contributed by atoms with Crippen LogP contribution in [-0.2, 0) is 11.2 Å². The number of carbonyl (C=O) groups is 1. The van der Waals surface area contributed by atoms with E-state index in [2.05, 4.69) is 15.4 Å². The average Bonchev–Trinajstić information content (AvgIpc) is 3.25. The number of carbonyl (C=O) groups excluding carboxylic acids is 1. The van der Waals surface area contributed by atoms with Gasteiger partial charge in [-0.2, -0.15) is 5.10 Å². The summed E-state index contributed by atoms with van der Waals surface area (Å²) >= 11 is 0. The fourth-order valence-electron chi connectivity index (χ4n) is 3.14. The third-order valence-corrected chi connectivity index (χ3v) is 4.43. The molecular formula is C20H17N5O3. The topological polar surface area (TPSA) is 106 Å². The van der Waals surface area contributed by atoms with E-state index in [1.807, 2.05) is 37.4 Å². The van der Waals surface area contributed by atoms with Gasteiger partial charge < -0.3 is 10.3 Å². The van der Waals surface area contributed by atoms with Gasteiger partial charge in [0.05, 0.1) is 22.7 Å². The zero-order chi connectivity index (χ0) is 19.7. The van der Waals surface area contributed by atoms with Crippen LogP contribution in [0.3, 0.4) is 0 Å². The zero-order valence-corrected chi connectivity index (χ0v) is 15.0. The summed E-state index contributed by atoms with van der Waals surface area (Å²) in [6.07, 6.45) is 2.05. The van der Waals surface area contributed by atoms with Gasteiger partial charge in [-0.25, -0.2) is 4.68 Å². The molecule has 1 amide bonds. The summed E-state index contributed by atoms with van der Waals surface area (Å²) in [6, 6.07) is 15.6. The van der Waals surface area contributed by atoms with Gasteiger partial charge in [0.2, 0.25) is 5.91 Å². The summed E-state index contributed by atoms with van der Waals surface area (Å²) in [5.74, 6) is 0.337. The minimum absolute atomic E-state index is 0.00227. The molecule has 2 aromatic heterocycles. The molecular weight excluding hydrogens is 358 g/mol. The third kappa shape index (κ3) is 3.35. The molecule has 4 rings (SSSR count). The van der Waals surface area contributed by atoms with Gasteiger partial charge >= 0.3 is 0 Å². The molecule has 2 N–H and O–H groups in total. The second-order valence-electron chi connectivity index (χ2n) is 6.44. The molecule has 2 aromatic carbocycles. The lowest BCUT2D eigenvalue weighted by Crippen LogP contribution is -2.17. The number of nitro benzene ring substituents is 1. The van der Waals surface area contributed by atoms with Crippen LogP contribution < -0.4 is 5.32 Å². The number of para-hydroxylation sites is 1. The van der Waals surface area contributed by atoms with Gasteiger partial charge in [-0.05, 0) is 30.7 Å². The second-order valence-corrected chi connectivity index (χ2v) is 6.44. The van der Waals surface area contributed by atoms with Crippen LogP contribution in [0, 0.1) is 17.0 Å². The van der Waals surface area contributed by atoms with Crippen molar-refractivity contribution in [3.8, 4) is 5.69 Å². The van der Waals surface area contributed by atoms with Crippen molar-refractivity contribution >= 4 is 28.3 Å². The first-order chi connectivity index (χ1) is 13.5. The Labute approximate surface area is 160 Å². The van der Waals surface area contributed by atoms with Crippen molar-refractivity contribution < 1.29 is 9.72 Å². The van der Waals surface area contributed by atoms with E-state index in [9.17, 15) is 14.9 Å². The predicted molar refractivity (Wildman–Crippen MR) is 106 cm³/mol. The fourth-order valence-corrected chi connectivity index (χ4v) is 3.14. The van der Waals surface area contributed by atoms with Crippen molar-refractivity contribution in [2.75, 3.05) is 5.32 Å². The molecule has 0 saturated carbocycles. The molecule has 28 heavy (non-hydrogen) atoms. The predicted octanol–water partition coefficient (Wildman–Crippen LogP) is 3.75. The number of nitrogens with zero attached hydrogens (tertiary/aromatic N) is 3. The molecule has 0 bridgehead atoms. The standard InChI is InChI=1S/C20H17N5O3/c1-13-10-19(24(23-13)15-6-8-16(9-7-15)25(27)28)22-20(26)11-14-12-21-18-5-3-2-4-17(14)18/h2-10,12,21H,11H2,1H3,(H,22,26). The maximum absolute atomic E-state index is 12.6. The maximum atomic E-state index is 12.6. The lowest BCUT2D eigenvalue weighted by atomic mass is 10.1. The van der Waals surface area contributed by atoms with Crippen LogP contribution in [0.1, 0.15) is 11.3 Å². The fraction of sp³-hybridized carbons (Fsp3) is 0.100. The van der Waals surface area contributed by atoms with Gasteiger partial charge in [-0.1, -0.05) is 18.2 Å². The van der Waals surface area contributed by atoms with Crippen LogP contribution in [0.25, 0.3) is 16.6 Å². The molecule has 0 saturated heterocycles. The molecule has 0 atom stereocenters. The van der Waals surface area contributed by atoms with Crippen molar-refractivity contribution in [3.63, 3.8) is 0 Å². The summed E-state index contributed by atoms with van der Waals surface area (Å²) in [6.45, 7) is 1.82. The highest BCUT2D eigenvalue weighted by Gasteiger charge is 2.14. The number of fused-ring (bicyclic) bond motifs is 1. The number of hydrogen-bond donors (Lipinski definition) is 2. The number of amides is 1. The number of aromatic nitrogens is 3. The molecule has 2 heterocycles. The molecule has 0 spiro atoms. The Morgan fingerprint density at radius 3 is 2.71 bits per heavy atom. The molecule has 0 aliphatic heterocycles. The minimum atomic E-state index is -0.456. The van der Waals surface area contributed by atoms with Crippen molar-refractivity contribution in [2.45, 2.75) is 13.3 Å². The molecule has 0 fully saturated rings. The van der Waals surface area contributed by atoms with Crippen molar-refractivity contribution in [2.24, 2.45) is 0 Å².